The molecule has 6 heteroatoms. The van der Waals surface area contributed by atoms with E-state index in [2.05, 4.69) is 4.98 Å². The van der Waals surface area contributed by atoms with Crippen LogP contribution >= 0.6 is 0 Å². The quantitative estimate of drug-likeness (QED) is 0.815. The van der Waals surface area contributed by atoms with Gasteiger partial charge in [0.2, 0.25) is 0 Å². The second kappa shape index (κ2) is 5.79. The largest absolute Gasteiger partial charge is 0.465 e. The van der Waals surface area contributed by atoms with E-state index in [1.807, 2.05) is 26.8 Å². The van der Waals surface area contributed by atoms with Gasteiger partial charge in [-0.25, -0.2) is 9.78 Å². The number of benzene rings is 1. The lowest BCUT2D eigenvalue weighted by Gasteiger charge is -2.20. The SMILES string of the molecule is COC(=O)c1cccc2c1nc(C)n2CC(=O)OC(C)(C)C. The Labute approximate surface area is 129 Å². The minimum Gasteiger partial charge on any atom is -0.465 e. The summed E-state index contributed by atoms with van der Waals surface area (Å²) in [6.45, 7) is 7.28. The van der Waals surface area contributed by atoms with Gasteiger partial charge in [-0.3, -0.25) is 4.79 Å². The lowest BCUT2D eigenvalue weighted by atomic mass is 10.2. The van der Waals surface area contributed by atoms with Crippen LogP contribution in [0.3, 0.4) is 0 Å². The number of hydrogen-bond acceptors (Lipinski definition) is 5. The Bertz CT molecular complexity index is 726. The van der Waals surface area contributed by atoms with E-state index in [1.54, 1.807) is 23.6 Å². The lowest BCUT2D eigenvalue weighted by molar-refractivity contribution is -0.155. The monoisotopic (exact) mass is 304 g/mol. The van der Waals surface area contributed by atoms with Crippen LogP contribution in [0.4, 0.5) is 0 Å². The highest BCUT2D eigenvalue weighted by Crippen LogP contribution is 2.21. The molecule has 0 aliphatic heterocycles. The fourth-order valence-electron chi connectivity index (χ4n) is 2.24. The van der Waals surface area contributed by atoms with Gasteiger partial charge in [0.1, 0.15) is 23.5 Å². The highest BCUT2D eigenvalue weighted by atomic mass is 16.6. The number of para-hydroxylation sites is 1. The Morgan fingerprint density at radius 1 is 1.27 bits per heavy atom. The fourth-order valence-corrected chi connectivity index (χ4v) is 2.24. The first kappa shape index (κ1) is 16.0. The van der Waals surface area contributed by atoms with Crippen molar-refractivity contribution in [2.24, 2.45) is 0 Å². The van der Waals surface area contributed by atoms with Crippen molar-refractivity contribution in [1.29, 1.82) is 0 Å². The molecule has 22 heavy (non-hydrogen) atoms. The van der Waals surface area contributed by atoms with Crippen molar-refractivity contribution in [3.63, 3.8) is 0 Å². The van der Waals surface area contributed by atoms with Crippen molar-refractivity contribution in [2.75, 3.05) is 7.11 Å². The molecule has 0 aliphatic carbocycles. The number of aromatic nitrogens is 2. The van der Waals surface area contributed by atoms with Crippen molar-refractivity contribution in [1.82, 2.24) is 9.55 Å². The van der Waals surface area contributed by atoms with Crippen LogP contribution in [0.15, 0.2) is 18.2 Å². The van der Waals surface area contributed by atoms with Crippen LogP contribution < -0.4 is 0 Å². The standard InChI is InChI=1S/C16H20N2O4/c1-10-17-14-11(15(20)21-5)7-6-8-12(14)18(10)9-13(19)22-16(2,3)4/h6-8H,9H2,1-5H3. The van der Waals surface area contributed by atoms with Gasteiger partial charge in [0.05, 0.1) is 18.2 Å². The van der Waals surface area contributed by atoms with E-state index < -0.39 is 11.6 Å². The van der Waals surface area contributed by atoms with E-state index in [4.69, 9.17) is 9.47 Å². The van der Waals surface area contributed by atoms with E-state index in [1.165, 1.54) is 7.11 Å². The zero-order chi connectivity index (χ0) is 16.5. The van der Waals surface area contributed by atoms with E-state index in [0.717, 1.165) is 0 Å². The number of aryl methyl sites for hydroxylation is 1. The van der Waals surface area contributed by atoms with E-state index in [0.29, 0.717) is 22.4 Å². The molecular weight excluding hydrogens is 284 g/mol. The molecule has 0 fully saturated rings. The molecule has 0 bridgehead atoms. The molecule has 0 unspecified atom stereocenters. The molecule has 0 aliphatic rings. The van der Waals surface area contributed by atoms with Crippen molar-refractivity contribution in [2.45, 2.75) is 39.8 Å². The molecule has 0 N–H and O–H groups in total. The first-order chi connectivity index (χ1) is 10.2. The zero-order valence-electron chi connectivity index (χ0n) is 13.5. The fraction of sp³-hybridized carbons (Fsp3) is 0.438. The summed E-state index contributed by atoms with van der Waals surface area (Å²) in [7, 11) is 1.33. The van der Waals surface area contributed by atoms with Crippen LogP contribution in [0.5, 0.6) is 0 Å². The molecule has 1 aromatic heterocycles. The summed E-state index contributed by atoms with van der Waals surface area (Å²) in [4.78, 5) is 28.2. The first-order valence-electron chi connectivity index (χ1n) is 6.99. The molecule has 0 atom stereocenters. The second-order valence-corrected chi connectivity index (χ2v) is 6.00. The van der Waals surface area contributed by atoms with E-state index in [-0.39, 0.29) is 12.5 Å². The first-order valence-corrected chi connectivity index (χ1v) is 6.99. The molecule has 0 spiro atoms. The average molecular weight is 304 g/mol. The number of imidazole rings is 1. The maximum atomic E-state index is 12.0. The van der Waals surface area contributed by atoms with Crippen molar-refractivity contribution >= 4 is 23.0 Å². The smallest absolute Gasteiger partial charge is 0.340 e. The molecule has 1 heterocycles. The molecule has 0 amide bonds. The van der Waals surface area contributed by atoms with Crippen LogP contribution in [0.25, 0.3) is 11.0 Å². The van der Waals surface area contributed by atoms with Gasteiger partial charge in [0.25, 0.3) is 0 Å². The summed E-state index contributed by atoms with van der Waals surface area (Å²) in [5, 5.41) is 0. The van der Waals surface area contributed by atoms with Crippen molar-refractivity contribution in [3.8, 4) is 0 Å². The van der Waals surface area contributed by atoms with E-state index >= 15 is 0 Å². The number of nitrogens with zero attached hydrogens (tertiary/aromatic N) is 2. The highest BCUT2D eigenvalue weighted by Gasteiger charge is 2.20. The van der Waals surface area contributed by atoms with Crippen LogP contribution in [0, 0.1) is 6.92 Å². The number of hydrogen-bond donors (Lipinski definition) is 0. The van der Waals surface area contributed by atoms with Crippen molar-refractivity contribution in [3.05, 3.63) is 29.6 Å². The maximum absolute atomic E-state index is 12.0. The second-order valence-electron chi connectivity index (χ2n) is 6.00. The molecule has 0 radical (unpaired) electrons. The van der Waals surface area contributed by atoms with Gasteiger partial charge in [-0.15, -0.1) is 0 Å². The summed E-state index contributed by atoms with van der Waals surface area (Å²) in [6.07, 6.45) is 0. The maximum Gasteiger partial charge on any atom is 0.340 e. The molecule has 2 aromatic rings. The number of fused-ring (bicyclic) bond motifs is 1. The van der Waals surface area contributed by atoms with Gasteiger partial charge in [0.15, 0.2) is 0 Å². The number of carbonyl (C=O) groups excluding carboxylic acids is 2. The third kappa shape index (κ3) is 3.27. The third-order valence-electron chi connectivity index (χ3n) is 3.08. The van der Waals surface area contributed by atoms with Crippen LogP contribution in [0.1, 0.15) is 37.0 Å². The predicted molar refractivity (Wildman–Crippen MR) is 81.7 cm³/mol. The summed E-state index contributed by atoms with van der Waals surface area (Å²) in [5.74, 6) is -0.164. The topological polar surface area (TPSA) is 70.4 Å². The van der Waals surface area contributed by atoms with Gasteiger partial charge in [-0.2, -0.15) is 0 Å². The Morgan fingerprint density at radius 2 is 1.95 bits per heavy atom. The van der Waals surface area contributed by atoms with Gasteiger partial charge < -0.3 is 14.0 Å². The van der Waals surface area contributed by atoms with Crippen LogP contribution in [-0.4, -0.2) is 34.2 Å². The minimum atomic E-state index is -0.543. The molecule has 2 rings (SSSR count). The minimum absolute atomic E-state index is 0.0459. The molecule has 6 nitrogen and oxygen atoms in total. The summed E-state index contributed by atoms with van der Waals surface area (Å²) < 4.78 is 11.8. The Hall–Kier alpha value is -2.37. The summed E-state index contributed by atoms with van der Waals surface area (Å²) in [5.41, 5.74) is 1.06. The third-order valence-corrected chi connectivity index (χ3v) is 3.08. The number of carbonyl (C=O) groups is 2. The Morgan fingerprint density at radius 3 is 2.55 bits per heavy atom. The number of ether oxygens (including phenoxy) is 2. The van der Waals surface area contributed by atoms with Gasteiger partial charge >= 0.3 is 11.9 Å². The van der Waals surface area contributed by atoms with Crippen molar-refractivity contribution < 1.29 is 19.1 Å². The predicted octanol–water partition coefficient (Wildman–Crippen LogP) is 2.47. The average Bonchev–Trinajstić information content (AvgIpc) is 2.72. The molecule has 118 valence electrons. The molecule has 0 saturated heterocycles. The normalized spacial score (nSPS) is 11.5. The van der Waals surface area contributed by atoms with Crippen LogP contribution in [-0.2, 0) is 20.8 Å². The van der Waals surface area contributed by atoms with Gasteiger partial charge in [-0.1, -0.05) is 6.07 Å². The Kier molecular flexibility index (Phi) is 4.21. The zero-order valence-corrected chi connectivity index (χ0v) is 13.5. The molecule has 1 aromatic carbocycles. The number of methoxy groups -OCH3 is 1. The molecule has 0 saturated carbocycles. The highest BCUT2D eigenvalue weighted by molar-refractivity contribution is 6.02. The summed E-state index contributed by atoms with van der Waals surface area (Å²) in [6, 6.07) is 5.20. The van der Waals surface area contributed by atoms with Gasteiger partial charge in [-0.05, 0) is 39.8 Å². The van der Waals surface area contributed by atoms with Gasteiger partial charge in [0, 0.05) is 0 Å². The number of esters is 2. The Balaban J connectivity index is 2.41. The number of rotatable bonds is 3. The molecular formula is C16H20N2O4. The van der Waals surface area contributed by atoms with E-state index in [9.17, 15) is 9.59 Å². The van der Waals surface area contributed by atoms with Crippen LogP contribution in [0.2, 0.25) is 0 Å². The summed E-state index contributed by atoms with van der Waals surface area (Å²) >= 11 is 0. The lowest BCUT2D eigenvalue weighted by Crippen LogP contribution is -2.26.